The van der Waals surface area contributed by atoms with Gasteiger partial charge in [0.1, 0.15) is 22.9 Å². The van der Waals surface area contributed by atoms with Crippen LogP contribution in [0.15, 0.2) is 42.6 Å². The molecule has 0 bridgehead atoms. The summed E-state index contributed by atoms with van der Waals surface area (Å²) in [5.74, 6) is 2.87. The second kappa shape index (κ2) is 11.0. The maximum atomic E-state index is 5.72. The van der Waals surface area contributed by atoms with Crippen LogP contribution in [0.3, 0.4) is 0 Å². The molecule has 0 atom stereocenters. The number of fused-ring (bicyclic) bond motifs is 1. The van der Waals surface area contributed by atoms with Gasteiger partial charge in [0, 0.05) is 44.4 Å². The number of methoxy groups -OCH3 is 2. The predicted molar refractivity (Wildman–Crippen MR) is 140 cm³/mol. The summed E-state index contributed by atoms with van der Waals surface area (Å²) in [4.78, 5) is 19.0. The van der Waals surface area contributed by atoms with E-state index < -0.39 is 0 Å². The van der Waals surface area contributed by atoms with Gasteiger partial charge in [-0.15, -0.1) is 0 Å². The van der Waals surface area contributed by atoms with Gasteiger partial charge in [-0.2, -0.15) is 0 Å². The van der Waals surface area contributed by atoms with E-state index in [2.05, 4.69) is 24.3 Å². The number of rotatable bonds is 9. The van der Waals surface area contributed by atoms with Gasteiger partial charge in [-0.25, -0.2) is 24.2 Å². The molecule has 36 heavy (non-hydrogen) atoms. The summed E-state index contributed by atoms with van der Waals surface area (Å²) in [5.41, 5.74) is 2.28. The van der Waals surface area contributed by atoms with E-state index in [0.717, 1.165) is 26.2 Å². The number of hydrogen-bond donors (Lipinski definition) is 2. The molecule has 11 nitrogen and oxygen atoms in total. The molecule has 2 N–H and O–H groups in total. The molecule has 1 aliphatic rings. The van der Waals surface area contributed by atoms with Gasteiger partial charge in [-0.3, -0.25) is 9.29 Å². The van der Waals surface area contributed by atoms with Crippen LogP contribution in [-0.4, -0.2) is 75.8 Å². The fourth-order valence-corrected chi connectivity index (χ4v) is 4.64. The maximum absolute atomic E-state index is 5.72. The lowest BCUT2D eigenvalue weighted by molar-refractivity contribution is 0.327. The van der Waals surface area contributed by atoms with Crippen molar-refractivity contribution in [2.24, 2.45) is 0 Å². The molecule has 188 valence electrons. The van der Waals surface area contributed by atoms with Crippen molar-refractivity contribution in [3.05, 3.63) is 42.6 Å². The molecule has 0 spiro atoms. The minimum absolute atomic E-state index is 0.472. The van der Waals surface area contributed by atoms with Crippen molar-refractivity contribution in [2.45, 2.75) is 6.92 Å². The average Bonchev–Trinajstić information content (AvgIpc) is 3.30. The van der Waals surface area contributed by atoms with Gasteiger partial charge in [-0.05, 0) is 25.1 Å². The van der Waals surface area contributed by atoms with E-state index >= 15 is 0 Å². The Morgan fingerprint density at radius 2 is 1.75 bits per heavy atom. The Morgan fingerprint density at radius 1 is 1.00 bits per heavy atom. The monoisotopic (exact) mass is 508 g/mol. The SMILES string of the molecule is CCOc1cccc(-c2nc3ncc(NSN4CCNCC4)nc3n2-c2c(OC)cccc2OC)n1. The van der Waals surface area contributed by atoms with Crippen LogP contribution in [0.25, 0.3) is 28.5 Å². The van der Waals surface area contributed by atoms with Crippen molar-refractivity contribution in [3.8, 4) is 34.6 Å². The van der Waals surface area contributed by atoms with Gasteiger partial charge in [0.25, 0.3) is 0 Å². The van der Waals surface area contributed by atoms with Crippen LogP contribution in [0.1, 0.15) is 6.92 Å². The fourth-order valence-electron chi connectivity index (χ4n) is 3.95. The largest absolute Gasteiger partial charge is 0.494 e. The second-order valence-corrected chi connectivity index (χ2v) is 8.75. The molecular formula is C24H28N8O3S. The summed E-state index contributed by atoms with van der Waals surface area (Å²) < 4.78 is 24.5. The Kier molecular flexibility index (Phi) is 7.35. The van der Waals surface area contributed by atoms with Crippen LogP contribution in [0.4, 0.5) is 5.82 Å². The first-order valence-corrected chi connectivity index (χ1v) is 12.4. The number of benzene rings is 1. The summed E-state index contributed by atoms with van der Waals surface area (Å²) in [6, 6.07) is 11.2. The molecule has 0 saturated carbocycles. The van der Waals surface area contributed by atoms with Crippen molar-refractivity contribution in [1.82, 2.24) is 34.1 Å². The predicted octanol–water partition coefficient (Wildman–Crippen LogP) is 3.17. The summed E-state index contributed by atoms with van der Waals surface area (Å²) in [6.45, 7) is 6.22. The van der Waals surface area contributed by atoms with E-state index in [-0.39, 0.29) is 0 Å². The van der Waals surface area contributed by atoms with Crippen LogP contribution in [0.2, 0.25) is 0 Å². The number of aromatic nitrogens is 5. The minimum atomic E-state index is 0.472. The van der Waals surface area contributed by atoms with Gasteiger partial charge in [0.2, 0.25) is 5.88 Å². The number of nitrogens with zero attached hydrogens (tertiary/aromatic N) is 6. The Balaban J connectivity index is 1.65. The van der Waals surface area contributed by atoms with E-state index in [1.165, 1.54) is 12.1 Å². The molecule has 4 aromatic rings. The number of piperazine rings is 1. The smallest absolute Gasteiger partial charge is 0.213 e. The van der Waals surface area contributed by atoms with Crippen molar-refractivity contribution in [2.75, 3.05) is 51.7 Å². The fraction of sp³-hybridized carbons (Fsp3) is 0.333. The highest BCUT2D eigenvalue weighted by Crippen LogP contribution is 2.38. The number of ether oxygens (including phenoxy) is 3. The van der Waals surface area contributed by atoms with Crippen LogP contribution in [0, 0.1) is 0 Å². The van der Waals surface area contributed by atoms with Gasteiger partial charge in [0.15, 0.2) is 22.9 Å². The van der Waals surface area contributed by atoms with E-state index in [9.17, 15) is 0 Å². The number of para-hydroxylation sites is 1. The zero-order valence-corrected chi connectivity index (χ0v) is 21.2. The molecule has 0 unspecified atom stereocenters. The molecule has 1 aliphatic heterocycles. The molecule has 1 aromatic carbocycles. The Labute approximate surface area is 213 Å². The molecule has 3 aromatic heterocycles. The molecule has 4 heterocycles. The molecule has 0 aliphatic carbocycles. The lowest BCUT2D eigenvalue weighted by atomic mass is 10.2. The van der Waals surface area contributed by atoms with Crippen molar-refractivity contribution in [3.63, 3.8) is 0 Å². The molecule has 12 heteroatoms. The highest BCUT2D eigenvalue weighted by Gasteiger charge is 2.24. The van der Waals surface area contributed by atoms with E-state index in [1.54, 1.807) is 20.4 Å². The van der Waals surface area contributed by atoms with Crippen LogP contribution >= 0.6 is 12.1 Å². The third kappa shape index (κ3) is 4.87. The standard InChI is InChI=1S/C24H28N8O3S/c1-4-35-20-10-5-7-16(27-20)23-29-22-24(32(23)21-17(33-2)8-6-9-18(21)34-3)28-19(15-26-22)30-36-31-13-11-25-12-14-31/h5-10,15,25H,4,11-14H2,1-3H3,(H,28,30). The highest BCUT2D eigenvalue weighted by molar-refractivity contribution is 7.98. The molecule has 5 rings (SSSR count). The zero-order chi connectivity index (χ0) is 24.9. The Hall–Kier alpha value is -3.61. The maximum Gasteiger partial charge on any atom is 0.213 e. The number of imidazole rings is 1. The van der Waals surface area contributed by atoms with Crippen molar-refractivity contribution in [1.29, 1.82) is 0 Å². The summed E-state index contributed by atoms with van der Waals surface area (Å²) in [5, 5.41) is 3.35. The lowest BCUT2D eigenvalue weighted by Gasteiger charge is -2.25. The number of anilines is 1. The van der Waals surface area contributed by atoms with Gasteiger partial charge >= 0.3 is 0 Å². The topological polar surface area (TPSA) is 111 Å². The summed E-state index contributed by atoms with van der Waals surface area (Å²) in [7, 11) is 3.24. The highest BCUT2D eigenvalue weighted by atomic mass is 32.2. The molecular weight excluding hydrogens is 480 g/mol. The van der Waals surface area contributed by atoms with E-state index in [1.807, 2.05) is 47.9 Å². The summed E-state index contributed by atoms with van der Waals surface area (Å²) >= 11 is 1.52. The third-order valence-electron chi connectivity index (χ3n) is 5.60. The molecule has 0 radical (unpaired) electrons. The van der Waals surface area contributed by atoms with Crippen molar-refractivity contribution >= 4 is 29.2 Å². The minimum Gasteiger partial charge on any atom is -0.494 e. The lowest BCUT2D eigenvalue weighted by Crippen LogP contribution is -2.40. The Bertz CT molecular complexity index is 1320. The van der Waals surface area contributed by atoms with E-state index in [0.29, 0.717) is 58.3 Å². The summed E-state index contributed by atoms with van der Waals surface area (Å²) in [6.07, 6.45) is 1.68. The molecule has 0 amide bonds. The van der Waals surface area contributed by atoms with E-state index in [4.69, 9.17) is 24.2 Å². The van der Waals surface area contributed by atoms with Crippen LogP contribution < -0.4 is 24.2 Å². The normalized spacial score (nSPS) is 14.1. The van der Waals surface area contributed by atoms with Gasteiger partial charge in [-0.1, -0.05) is 12.1 Å². The Morgan fingerprint density at radius 3 is 2.47 bits per heavy atom. The number of pyridine rings is 1. The zero-order valence-electron chi connectivity index (χ0n) is 20.4. The average molecular weight is 509 g/mol. The quantitative estimate of drug-likeness (QED) is 0.325. The number of nitrogens with one attached hydrogen (secondary N) is 2. The first-order valence-electron chi connectivity index (χ1n) is 11.7. The third-order valence-corrected chi connectivity index (χ3v) is 6.52. The van der Waals surface area contributed by atoms with Crippen LogP contribution in [-0.2, 0) is 0 Å². The molecule has 1 fully saturated rings. The van der Waals surface area contributed by atoms with Crippen LogP contribution in [0.5, 0.6) is 17.4 Å². The van der Waals surface area contributed by atoms with Gasteiger partial charge < -0.3 is 19.5 Å². The molecule has 1 saturated heterocycles. The second-order valence-electron chi connectivity index (χ2n) is 7.85. The number of hydrogen-bond acceptors (Lipinski definition) is 11. The first-order chi connectivity index (χ1) is 17.7. The first kappa shape index (κ1) is 24.1. The van der Waals surface area contributed by atoms with Crippen molar-refractivity contribution < 1.29 is 14.2 Å². The van der Waals surface area contributed by atoms with Gasteiger partial charge in [0.05, 0.1) is 27.0 Å².